The Kier molecular flexibility index (Phi) is 30.5. The summed E-state index contributed by atoms with van der Waals surface area (Å²) in [7, 11) is 0. The molecule has 1 heterocycles. The highest BCUT2D eigenvalue weighted by Crippen LogP contribution is 2.13. The number of carbonyl (C=O) groups is 12. The molecular formula is C52H85N15O15. The van der Waals surface area contributed by atoms with Crippen molar-refractivity contribution < 1.29 is 72.9 Å². The predicted molar refractivity (Wildman–Crippen MR) is 297 cm³/mol. The number of aliphatic carboxylic acids is 2. The minimum atomic E-state index is -1.80. The van der Waals surface area contributed by atoms with Crippen LogP contribution in [0, 0.1) is 11.8 Å². The summed E-state index contributed by atoms with van der Waals surface area (Å²) >= 11 is 0. The Morgan fingerprint density at radius 2 is 1.09 bits per heavy atom. The van der Waals surface area contributed by atoms with E-state index in [1.54, 1.807) is 44.2 Å². The number of unbranched alkanes of at least 4 members (excludes halogenated alkanes) is 1. The fourth-order valence-corrected chi connectivity index (χ4v) is 8.40. The molecule has 0 unspecified atom stereocenters. The van der Waals surface area contributed by atoms with E-state index in [4.69, 9.17) is 22.9 Å². The molecule has 11 atom stereocenters. The van der Waals surface area contributed by atoms with Crippen molar-refractivity contribution >= 4 is 77.0 Å². The van der Waals surface area contributed by atoms with Crippen LogP contribution in [-0.2, 0) is 64.0 Å². The third-order valence-electron chi connectivity index (χ3n) is 13.1. The van der Waals surface area contributed by atoms with Gasteiger partial charge in [-0.05, 0) is 95.7 Å². The second kappa shape index (κ2) is 35.7. The lowest BCUT2D eigenvalue weighted by atomic mass is 10.00. The Hall–Kier alpha value is -7.99. The molecule has 0 spiro atoms. The van der Waals surface area contributed by atoms with E-state index in [1.807, 2.05) is 0 Å². The molecule has 458 valence electrons. The van der Waals surface area contributed by atoms with Crippen molar-refractivity contribution in [2.75, 3.05) is 19.6 Å². The van der Waals surface area contributed by atoms with Crippen LogP contribution in [0.5, 0.6) is 0 Å². The van der Waals surface area contributed by atoms with Gasteiger partial charge >= 0.3 is 11.9 Å². The summed E-state index contributed by atoms with van der Waals surface area (Å²) < 4.78 is 0. The molecule has 1 aromatic rings. The Labute approximate surface area is 475 Å². The van der Waals surface area contributed by atoms with Crippen LogP contribution in [-0.4, -0.2) is 178 Å². The molecule has 21 N–H and O–H groups in total. The van der Waals surface area contributed by atoms with Gasteiger partial charge in [0.1, 0.15) is 54.4 Å². The largest absolute Gasteiger partial charge is 0.481 e. The smallest absolute Gasteiger partial charge is 0.326 e. The summed E-state index contributed by atoms with van der Waals surface area (Å²) in [6.45, 7) is 9.55. The Balaban J connectivity index is 2.34. The van der Waals surface area contributed by atoms with E-state index in [0.29, 0.717) is 37.8 Å². The van der Waals surface area contributed by atoms with Gasteiger partial charge in [-0.15, -0.1) is 0 Å². The van der Waals surface area contributed by atoms with Crippen molar-refractivity contribution in [2.45, 2.75) is 179 Å². The first-order valence-corrected chi connectivity index (χ1v) is 27.2. The number of aliphatic hydroxyl groups excluding tert-OH is 1. The number of carboxylic acid groups (broad SMARTS) is 2. The number of hydrogen-bond donors (Lipinski definition) is 17. The van der Waals surface area contributed by atoms with Crippen molar-refractivity contribution in [3.63, 3.8) is 0 Å². The van der Waals surface area contributed by atoms with Gasteiger partial charge in [-0.25, -0.2) is 4.79 Å². The first-order valence-electron chi connectivity index (χ1n) is 27.2. The summed E-state index contributed by atoms with van der Waals surface area (Å²) in [5.74, 6) is -13.5. The van der Waals surface area contributed by atoms with Crippen molar-refractivity contribution in [1.29, 1.82) is 0 Å². The van der Waals surface area contributed by atoms with Crippen LogP contribution < -0.4 is 76.1 Å². The maximum absolute atomic E-state index is 14.2. The Morgan fingerprint density at radius 3 is 1.60 bits per heavy atom. The van der Waals surface area contributed by atoms with E-state index < -0.39 is 156 Å². The van der Waals surface area contributed by atoms with Crippen LogP contribution in [0.1, 0.15) is 111 Å². The number of aliphatic imine (C=N–C) groups is 1. The molecule has 1 saturated heterocycles. The van der Waals surface area contributed by atoms with Crippen LogP contribution in [0.2, 0.25) is 0 Å². The molecule has 1 aliphatic rings. The number of hydrogen-bond acceptors (Lipinski definition) is 16. The zero-order valence-corrected chi connectivity index (χ0v) is 47.3. The Morgan fingerprint density at radius 1 is 0.585 bits per heavy atom. The predicted octanol–water partition coefficient (Wildman–Crippen LogP) is -4.94. The van der Waals surface area contributed by atoms with Crippen LogP contribution in [0.3, 0.4) is 0 Å². The van der Waals surface area contributed by atoms with Crippen LogP contribution >= 0.6 is 0 Å². The van der Waals surface area contributed by atoms with Crippen molar-refractivity contribution in [3.05, 3.63) is 35.9 Å². The normalized spacial score (nSPS) is 16.6. The fourth-order valence-electron chi connectivity index (χ4n) is 8.40. The number of nitrogens with two attached hydrogens (primary N) is 4. The molecule has 1 fully saturated rings. The molecule has 0 bridgehead atoms. The minimum absolute atomic E-state index is 0.00768. The number of carboxylic acids is 2. The molecule has 1 aliphatic heterocycles. The van der Waals surface area contributed by atoms with Gasteiger partial charge < -0.3 is 91.4 Å². The molecule has 30 heteroatoms. The molecule has 0 aliphatic carbocycles. The highest BCUT2D eigenvalue weighted by molar-refractivity contribution is 5.99. The minimum Gasteiger partial charge on any atom is -0.481 e. The molecular weight excluding hydrogens is 1070 g/mol. The maximum atomic E-state index is 14.2. The molecule has 82 heavy (non-hydrogen) atoms. The summed E-state index contributed by atoms with van der Waals surface area (Å²) in [6, 6.07) is -5.54. The van der Waals surface area contributed by atoms with E-state index in [9.17, 15) is 72.9 Å². The first-order chi connectivity index (χ1) is 38.6. The first kappa shape index (κ1) is 70.1. The summed E-state index contributed by atoms with van der Waals surface area (Å²) in [6.07, 6.45) is -1.41. The highest BCUT2D eigenvalue weighted by Gasteiger charge is 2.38. The van der Waals surface area contributed by atoms with Crippen molar-refractivity contribution in [2.24, 2.45) is 39.8 Å². The summed E-state index contributed by atoms with van der Waals surface area (Å²) in [4.78, 5) is 163. The van der Waals surface area contributed by atoms with Crippen LogP contribution in [0.25, 0.3) is 0 Å². The van der Waals surface area contributed by atoms with Gasteiger partial charge in [0.25, 0.3) is 0 Å². The monoisotopic (exact) mass is 1160 g/mol. The number of nitrogens with one attached hydrogen (secondary N) is 10. The van der Waals surface area contributed by atoms with Gasteiger partial charge in [-0.1, -0.05) is 58.0 Å². The number of aliphatic hydroxyl groups is 1. The lowest BCUT2D eigenvalue weighted by molar-refractivity contribution is -0.143. The molecule has 10 amide bonds. The van der Waals surface area contributed by atoms with Gasteiger partial charge in [0.2, 0.25) is 59.1 Å². The maximum Gasteiger partial charge on any atom is 0.326 e. The Bertz CT molecular complexity index is 2380. The second-order valence-electron chi connectivity index (χ2n) is 20.7. The van der Waals surface area contributed by atoms with Gasteiger partial charge in [-0.3, -0.25) is 57.7 Å². The molecule has 0 saturated carbocycles. The SMILES string of the molecule is CC(C)[C@H](NC(=O)[C@H](CC(=O)O)NC(=O)[C@@H](NC(=O)[C@@H]1CCCN1)[C@@H](C)O)C(=O)N[C@@H](C)C(=O)N[C@@H](CCCCN)C(=O)N[C@H](C(=O)N[C@@H](CCCN=C(N)N)C(=O)N[C@@H](Cc1ccccc1)C(=O)N[C@@H](CCC(N)=O)C(=O)O)C(C)C. The zero-order chi connectivity index (χ0) is 61.8. The average Bonchev–Trinajstić information content (AvgIpc) is 4.03. The van der Waals surface area contributed by atoms with E-state index in [1.165, 1.54) is 27.7 Å². The molecule has 2 rings (SSSR count). The van der Waals surface area contributed by atoms with Crippen LogP contribution in [0.15, 0.2) is 35.3 Å². The second-order valence-corrected chi connectivity index (χ2v) is 20.7. The van der Waals surface area contributed by atoms with E-state index in [0.717, 1.165) is 0 Å². The van der Waals surface area contributed by atoms with Gasteiger partial charge in [0.15, 0.2) is 5.96 Å². The topological polar surface area (TPSA) is 502 Å². The third kappa shape index (κ3) is 25.2. The van der Waals surface area contributed by atoms with E-state index >= 15 is 0 Å². The number of primary amides is 1. The lowest BCUT2D eigenvalue weighted by Crippen LogP contribution is -2.62. The molecule has 1 aromatic carbocycles. The van der Waals surface area contributed by atoms with Crippen LogP contribution in [0.4, 0.5) is 0 Å². The summed E-state index contributed by atoms with van der Waals surface area (Å²) in [5, 5.41) is 55.1. The zero-order valence-electron chi connectivity index (χ0n) is 47.3. The van der Waals surface area contributed by atoms with Gasteiger partial charge in [0, 0.05) is 19.4 Å². The number of benzene rings is 1. The summed E-state index contributed by atoms with van der Waals surface area (Å²) in [5.41, 5.74) is 22.5. The number of amides is 10. The van der Waals surface area contributed by atoms with Gasteiger partial charge in [-0.2, -0.15) is 0 Å². The number of nitrogens with zero attached hydrogens (tertiary/aromatic N) is 1. The number of rotatable bonds is 37. The molecule has 0 radical (unpaired) electrons. The van der Waals surface area contributed by atoms with Crippen molar-refractivity contribution in [1.82, 2.24) is 53.2 Å². The van der Waals surface area contributed by atoms with E-state index in [-0.39, 0.29) is 57.6 Å². The third-order valence-corrected chi connectivity index (χ3v) is 13.1. The van der Waals surface area contributed by atoms with Gasteiger partial charge in [0.05, 0.1) is 18.6 Å². The standard InChI is InChI=1S/C52H85N15O15/c1-26(2)39(66-47(77)36(25-38(70)71)64-50(80)41(29(6)68)67-43(73)31-17-12-22-57-31)48(78)59-28(5)42(72)60-32(16-10-11-21-53)45(75)65-40(27(3)4)49(79)61-33(18-13-23-58-52(55)56)44(74)63-35(24-30-14-8-7-9-15-30)46(76)62-34(51(81)82)19-20-37(54)69/h7-9,14-15,26-29,31-36,39-41,57,68H,10-13,16-25,53H2,1-6H3,(H2,54,69)(H,59,78)(H,60,72)(H,61,79)(H,62,76)(H,63,74)(H,64,80)(H,65,75)(H,66,77)(H,67,73)(H,70,71)(H,81,82)(H4,55,56,58)/t28-,29+,31-,32-,33-,34-,35-,36-,39-,40-,41-/m0/s1. The van der Waals surface area contributed by atoms with E-state index in [2.05, 4.69) is 58.2 Å². The number of carbonyl (C=O) groups excluding carboxylic acids is 10. The van der Waals surface area contributed by atoms with Crippen molar-refractivity contribution in [3.8, 4) is 0 Å². The molecule has 30 nitrogen and oxygen atoms in total. The lowest BCUT2D eigenvalue weighted by Gasteiger charge is -2.29. The number of guanidine groups is 1. The quantitative estimate of drug-likeness (QED) is 0.0169. The average molecular weight is 1160 g/mol. The highest BCUT2D eigenvalue weighted by atomic mass is 16.4. The molecule has 0 aromatic heterocycles. The fraction of sp³-hybridized carbons (Fsp3) is 0.635.